The quantitative estimate of drug-likeness (QED) is 0.247. The molecule has 1 N–H and O–H groups in total. The molecule has 0 aliphatic carbocycles. The minimum absolute atomic E-state index is 0.314. The largest absolute Gasteiger partial charge is 0.448 e. The molecular weight excluding hydrogens is 406 g/mol. The molecule has 0 spiro atoms. The van der Waals surface area contributed by atoms with E-state index in [0.29, 0.717) is 22.5 Å². The van der Waals surface area contributed by atoms with Crippen molar-refractivity contribution in [1.29, 1.82) is 0 Å². The second-order valence-electron chi connectivity index (χ2n) is 6.47. The zero-order valence-electron chi connectivity index (χ0n) is 16.1. The number of nitrogens with zero attached hydrogens (tertiary/aromatic N) is 4. The van der Waals surface area contributed by atoms with Crippen LogP contribution in [0.15, 0.2) is 52.0 Å². The number of hydrogen-bond acceptors (Lipinski definition) is 9. The Balaban J connectivity index is 1.62. The van der Waals surface area contributed by atoms with Crippen LogP contribution in [0, 0.1) is 10.1 Å². The molecule has 3 aromatic rings. The van der Waals surface area contributed by atoms with E-state index in [1.807, 2.05) is 24.3 Å². The summed E-state index contributed by atoms with van der Waals surface area (Å²) in [5, 5.41) is 23.2. The molecule has 9 nitrogen and oxygen atoms in total. The third kappa shape index (κ3) is 4.43. The van der Waals surface area contributed by atoms with E-state index in [9.17, 15) is 10.1 Å². The third-order valence-electron chi connectivity index (χ3n) is 4.31. The normalized spacial score (nSPS) is 15.0. The fraction of sp³-hybridized carbons (Fsp3) is 0.250. The Hall–Kier alpha value is -3.40. The van der Waals surface area contributed by atoms with E-state index in [0.717, 1.165) is 29.8 Å². The monoisotopic (exact) mass is 425 g/mol. The van der Waals surface area contributed by atoms with Crippen molar-refractivity contribution >= 4 is 29.4 Å². The molecule has 1 aliphatic heterocycles. The van der Waals surface area contributed by atoms with E-state index in [-0.39, 0.29) is 5.88 Å². The summed E-state index contributed by atoms with van der Waals surface area (Å²) in [4.78, 5) is 14.8. The SMILES string of the molecule is CCCCSc1nnc2c(n1)OC(C=Cc1ccc([N+](=O)[O-])o1)Nc1ccccc1-2. The highest BCUT2D eigenvalue weighted by Gasteiger charge is 2.23. The number of fused-ring (bicyclic) bond motifs is 3. The molecule has 0 bridgehead atoms. The van der Waals surface area contributed by atoms with E-state index in [2.05, 4.69) is 27.4 Å². The number of aromatic nitrogens is 3. The topological polar surface area (TPSA) is 116 Å². The van der Waals surface area contributed by atoms with Gasteiger partial charge in [0.05, 0.1) is 6.07 Å². The van der Waals surface area contributed by atoms with Crippen molar-refractivity contribution in [2.24, 2.45) is 0 Å². The van der Waals surface area contributed by atoms with Gasteiger partial charge in [0, 0.05) is 17.0 Å². The van der Waals surface area contributed by atoms with Gasteiger partial charge in [-0.2, -0.15) is 4.98 Å². The summed E-state index contributed by atoms with van der Waals surface area (Å²) in [6, 6.07) is 10.5. The van der Waals surface area contributed by atoms with Gasteiger partial charge in [-0.05, 0) is 30.7 Å². The minimum atomic E-state index is -0.582. The molecular formula is C20H19N5O4S. The molecule has 1 unspecified atom stereocenters. The zero-order chi connectivity index (χ0) is 20.9. The molecule has 1 aromatic carbocycles. The maximum atomic E-state index is 10.8. The molecule has 0 fully saturated rings. The van der Waals surface area contributed by atoms with Crippen LogP contribution < -0.4 is 10.1 Å². The Bertz CT molecular complexity index is 1080. The first-order valence-corrected chi connectivity index (χ1v) is 10.4. The highest BCUT2D eigenvalue weighted by Crippen LogP contribution is 2.36. The molecule has 0 saturated heterocycles. The van der Waals surface area contributed by atoms with E-state index >= 15 is 0 Å². The smallest absolute Gasteiger partial charge is 0.433 e. The number of hydrogen-bond donors (Lipinski definition) is 1. The summed E-state index contributed by atoms with van der Waals surface area (Å²) in [6.45, 7) is 2.13. The molecule has 0 saturated carbocycles. The third-order valence-corrected chi connectivity index (χ3v) is 5.23. The lowest BCUT2D eigenvalue weighted by molar-refractivity contribution is -0.402. The molecule has 4 rings (SSSR count). The van der Waals surface area contributed by atoms with E-state index in [1.54, 1.807) is 23.9 Å². The number of para-hydroxylation sites is 1. The summed E-state index contributed by atoms with van der Waals surface area (Å²) in [5.41, 5.74) is 2.21. The highest BCUT2D eigenvalue weighted by atomic mass is 32.2. The Morgan fingerprint density at radius 2 is 2.13 bits per heavy atom. The van der Waals surface area contributed by atoms with Gasteiger partial charge in [-0.25, -0.2) is 0 Å². The standard InChI is InChI=1S/C20H19N5O4S/c1-2-3-12-30-20-22-19-18(23-24-20)14-6-4-5-7-15(14)21-16(29-19)10-8-13-9-11-17(28-13)25(26)27/h4-11,16,21H,2-3,12H2,1H3. The van der Waals surface area contributed by atoms with Gasteiger partial charge in [-0.1, -0.05) is 43.3 Å². The molecule has 2 aromatic heterocycles. The molecule has 10 heteroatoms. The maximum absolute atomic E-state index is 10.8. The van der Waals surface area contributed by atoms with Crippen LogP contribution in [0.5, 0.6) is 5.88 Å². The number of thioether (sulfide) groups is 1. The van der Waals surface area contributed by atoms with Crippen LogP contribution >= 0.6 is 11.8 Å². The molecule has 1 aliphatic rings. The van der Waals surface area contributed by atoms with Gasteiger partial charge in [-0.15, -0.1) is 10.2 Å². The Morgan fingerprint density at radius 1 is 1.27 bits per heavy atom. The Labute approximate surface area is 176 Å². The molecule has 0 amide bonds. The number of unbranched alkanes of at least 4 members (excludes halogenated alkanes) is 1. The van der Waals surface area contributed by atoms with Gasteiger partial charge in [0.1, 0.15) is 10.7 Å². The first-order valence-electron chi connectivity index (χ1n) is 9.46. The lowest BCUT2D eigenvalue weighted by Crippen LogP contribution is -2.23. The zero-order valence-corrected chi connectivity index (χ0v) is 17.0. The number of nitro groups is 1. The summed E-state index contributed by atoms with van der Waals surface area (Å²) >= 11 is 1.54. The fourth-order valence-corrected chi connectivity index (χ4v) is 3.70. The number of rotatable bonds is 7. The van der Waals surface area contributed by atoms with Crippen molar-refractivity contribution in [1.82, 2.24) is 15.2 Å². The summed E-state index contributed by atoms with van der Waals surface area (Å²) in [5.74, 6) is 1.32. The van der Waals surface area contributed by atoms with Gasteiger partial charge < -0.3 is 14.5 Å². The van der Waals surface area contributed by atoms with Gasteiger partial charge in [0.2, 0.25) is 11.0 Å². The van der Waals surface area contributed by atoms with Crippen LogP contribution in [-0.2, 0) is 0 Å². The van der Waals surface area contributed by atoms with Crippen molar-refractivity contribution in [3.05, 3.63) is 58.3 Å². The lowest BCUT2D eigenvalue weighted by Gasteiger charge is -2.15. The fourth-order valence-electron chi connectivity index (χ4n) is 2.84. The number of furan rings is 1. The minimum Gasteiger partial charge on any atom is -0.448 e. The molecule has 0 radical (unpaired) electrons. The lowest BCUT2D eigenvalue weighted by atomic mass is 10.1. The maximum Gasteiger partial charge on any atom is 0.433 e. The summed E-state index contributed by atoms with van der Waals surface area (Å²) in [7, 11) is 0. The highest BCUT2D eigenvalue weighted by molar-refractivity contribution is 7.99. The van der Waals surface area contributed by atoms with E-state index in [4.69, 9.17) is 9.15 Å². The van der Waals surface area contributed by atoms with E-state index < -0.39 is 11.2 Å². The Morgan fingerprint density at radius 3 is 2.93 bits per heavy atom. The van der Waals surface area contributed by atoms with Crippen molar-refractivity contribution in [2.45, 2.75) is 31.1 Å². The van der Waals surface area contributed by atoms with Gasteiger partial charge in [0.25, 0.3) is 0 Å². The number of anilines is 1. The average molecular weight is 425 g/mol. The van der Waals surface area contributed by atoms with Crippen molar-refractivity contribution in [3.63, 3.8) is 0 Å². The molecule has 30 heavy (non-hydrogen) atoms. The summed E-state index contributed by atoms with van der Waals surface area (Å²) < 4.78 is 11.2. The van der Waals surface area contributed by atoms with Crippen LogP contribution in [0.1, 0.15) is 25.5 Å². The number of ether oxygens (including phenoxy) is 1. The Kier molecular flexibility index (Phi) is 5.94. The number of nitrogens with one attached hydrogen (secondary N) is 1. The first-order chi connectivity index (χ1) is 14.6. The van der Waals surface area contributed by atoms with Gasteiger partial charge >= 0.3 is 5.88 Å². The van der Waals surface area contributed by atoms with Gasteiger partial charge in [0.15, 0.2) is 11.9 Å². The second kappa shape index (κ2) is 8.95. The molecule has 3 heterocycles. The van der Waals surface area contributed by atoms with E-state index in [1.165, 1.54) is 12.1 Å². The average Bonchev–Trinajstić information content (AvgIpc) is 3.16. The second-order valence-corrected chi connectivity index (χ2v) is 7.53. The van der Waals surface area contributed by atoms with Crippen LogP contribution in [-0.4, -0.2) is 32.1 Å². The number of benzene rings is 1. The predicted molar refractivity (Wildman–Crippen MR) is 113 cm³/mol. The molecule has 154 valence electrons. The van der Waals surface area contributed by atoms with Crippen molar-refractivity contribution in [3.8, 4) is 17.1 Å². The van der Waals surface area contributed by atoms with Crippen molar-refractivity contribution in [2.75, 3.05) is 11.1 Å². The van der Waals surface area contributed by atoms with Crippen LogP contribution in [0.2, 0.25) is 0 Å². The first kappa shape index (κ1) is 19.9. The predicted octanol–water partition coefficient (Wildman–Crippen LogP) is 4.78. The van der Waals surface area contributed by atoms with Crippen LogP contribution in [0.3, 0.4) is 0 Å². The van der Waals surface area contributed by atoms with Crippen molar-refractivity contribution < 1.29 is 14.1 Å². The van der Waals surface area contributed by atoms with Gasteiger partial charge in [-0.3, -0.25) is 10.1 Å². The van der Waals surface area contributed by atoms with Crippen LogP contribution in [0.4, 0.5) is 11.6 Å². The summed E-state index contributed by atoms with van der Waals surface area (Å²) in [6.07, 6.45) is 4.90. The molecule has 1 atom stereocenters. The van der Waals surface area contributed by atoms with Crippen LogP contribution in [0.25, 0.3) is 17.3 Å².